The summed E-state index contributed by atoms with van der Waals surface area (Å²) in [6.45, 7) is 3.86. The van der Waals surface area contributed by atoms with E-state index >= 15 is 0 Å². The highest BCUT2D eigenvalue weighted by atomic mass is 16.5. The number of amides is 1. The molecule has 0 saturated carbocycles. The summed E-state index contributed by atoms with van der Waals surface area (Å²) in [5.41, 5.74) is -0.243. The molecular weight excluding hydrogens is 212 g/mol. The van der Waals surface area contributed by atoms with E-state index in [0.717, 1.165) is 13.1 Å². The van der Waals surface area contributed by atoms with E-state index in [0.29, 0.717) is 0 Å². The Morgan fingerprint density at radius 1 is 1.44 bits per heavy atom. The lowest BCUT2D eigenvalue weighted by molar-refractivity contribution is -0.145. The molecule has 0 aromatic rings. The highest BCUT2D eigenvalue weighted by Gasteiger charge is 2.36. The van der Waals surface area contributed by atoms with Gasteiger partial charge in [0.05, 0.1) is 17.8 Å². The topological polar surface area (TPSA) is 82.0 Å². The van der Waals surface area contributed by atoms with Crippen LogP contribution in [0.2, 0.25) is 0 Å². The van der Waals surface area contributed by atoms with Gasteiger partial charge in [-0.3, -0.25) is 4.79 Å². The van der Waals surface area contributed by atoms with Gasteiger partial charge in [-0.05, 0) is 6.92 Å². The largest absolute Gasteiger partial charge is 0.388 e. The Morgan fingerprint density at radius 2 is 2.00 bits per heavy atom. The van der Waals surface area contributed by atoms with Gasteiger partial charge in [0.15, 0.2) is 0 Å². The second kappa shape index (κ2) is 4.29. The van der Waals surface area contributed by atoms with Crippen molar-refractivity contribution in [3.8, 4) is 0 Å². The van der Waals surface area contributed by atoms with Crippen molar-refractivity contribution in [2.75, 3.05) is 32.8 Å². The molecule has 92 valence electrons. The number of nitrogens with zero attached hydrogens (tertiary/aromatic N) is 1. The lowest BCUT2D eigenvalue weighted by atomic mass is 10.0. The Morgan fingerprint density at radius 3 is 2.44 bits per heavy atom. The lowest BCUT2D eigenvalue weighted by Crippen LogP contribution is -2.59. The number of rotatable bonds is 3. The van der Waals surface area contributed by atoms with E-state index in [1.54, 1.807) is 0 Å². The molecule has 0 aromatic carbocycles. The van der Waals surface area contributed by atoms with Crippen LogP contribution in [0, 0.1) is 0 Å². The molecule has 2 saturated heterocycles. The van der Waals surface area contributed by atoms with Crippen LogP contribution in [-0.4, -0.2) is 71.6 Å². The first-order valence-electron chi connectivity index (χ1n) is 5.49. The highest BCUT2D eigenvalue weighted by molar-refractivity contribution is 5.78. The predicted octanol–water partition coefficient (Wildman–Crippen LogP) is -2.07. The van der Waals surface area contributed by atoms with Crippen LogP contribution in [0.1, 0.15) is 6.92 Å². The van der Waals surface area contributed by atoms with Gasteiger partial charge in [-0.2, -0.15) is 0 Å². The number of hydrogen-bond acceptors (Lipinski definition) is 5. The van der Waals surface area contributed by atoms with Gasteiger partial charge in [-0.15, -0.1) is 0 Å². The molecule has 2 heterocycles. The van der Waals surface area contributed by atoms with Crippen molar-refractivity contribution in [2.24, 2.45) is 0 Å². The molecule has 2 fully saturated rings. The average molecular weight is 230 g/mol. The van der Waals surface area contributed by atoms with Crippen LogP contribution in [0.4, 0.5) is 0 Å². The molecule has 0 bridgehead atoms. The number of hydrogen-bond donors (Lipinski definition) is 3. The summed E-state index contributed by atoms with van der Waals surface area (Å²) in [7, 11) is 0. The second-order valence-electron chi connectivity index (χ2n) is 4.78. The van der Waals surface area contributed by atoms with E-state index in [1.165, 1.54) is 4.90 Å². The third-order valence-electron chi connectivity index (χ3n) is 3.15. The number of nitrogens with one attached hydrogen (secondary N) is 1. The Balaban J connectivity index is 1.76. The first kappa shape index (κ1) is 11.8. The fourth-order valence-corrected chi connectivity index (χ4v) is 1.88. The average Bonchev–Trinajstić information content (AvgIpc) is 2.53. The summed E-state index contributed by atoms with van der Waals surface area (Å²) in [5, 5.41) is 21.7. The van der Waals surface area contributed by atoms with Gasteiger partial charge in [0.25, 0.3) is 0 Å². The normalized spacial score (nSPS) is 32.6. The first-order chi connectivity index (χ1) is 7.50. The monoisotopic (exact) mass is 230 g/mol. The number of likely N-dealkylation sites (tertiary alicyclic amines) is 1. The number of carbonyl (C=O) groups excluding carboxylic acids is 1. The van der Waals surface area contributed by atoms with Crippen molar-refractivity contribution >= 4 is 5.91 Å². The van der Waals surface area contributed by atoms with Gasteiger partial charge in [0.2, 0.25) is 5.91 Å². The van der Waals surface area contributed by atoms with Gasteiger partial charge < -0.3 is 25.2 Å². The van der Waals surface area contributed by atoms with E-state index in [2.05, 4.69) is 5.32 Å². The molecule has 16 heavy (non-hydrogen) atoms. The Bertz CT molecular complexity index is 270. The third kappa shape index (κ3) is 2.35. The van der Waals surface area contributed by atoms with Crippen molar-refractivity contribution in [1.82, 2.24) is 10.2 Å². The summed E-state index contributed by atoms with van der Waals surface area (Å²) in [6.07, 6.45) is -1.66. The molecule has 0 radical (unpaired) electrons. The zero-order chi connectivity index (χ0) is 11.8. The van der Waals surface area contributed by atoms with Crippen LogP contribution in [0.15, 0.2) is 0 Å². The molecule has 6 nitrogen and oxygen atoms in total. The van der Waals surface area contributed by atoms with E-state index in [4.69, 9.17) is 4.74 Å². The number of carbonyl (C=O) groups is 1. The summed E-state index contributed by atoms with van der Waals surface area (Å²) >= 11 is 0. The maximum atomic E-state index is 11.7. The van der Waals surface area contributed by atoms with Crippen molar-refractivity contribution in [1.29, 1.82) is 0 Å². The molecule has 2 atom stereocenters. The molecule has 1 amide bonds. The third-order valence-corrected chi connectivity index (χ3v) is 3.15. The highest BCUT2D eigenvalue weighted by Crippen LogP contribution is 2.16. The summed E-state index contributed by atoms with van der Waals surface area (Å²) in [4.78, 5) is 13.1. The van der Waals surface area contributed by atoms with Gasteiger partial charge in [0, 0.05) is 26.2 Å². The Kier molecular flexibility index (Phi) is 3.16. The lowest BCUT2D eigenvalue weighted by Gasteiger charge is -2.39. The van der Waals surface area contributed by atoms with Crippen molar-refractivity contribution in [3.63, 3.8) is 0 Å². The molecule has 0 aromatic heterocycles. The van der Waals surface area contributed by atoms with Crippen LogP contribution in [0.5, 0.6) is 0 Å². The smallest absolute Gasteiger partial charge is 0.248 e. The molecule has 6 heteroatoms. The van der Waals surface area contributed by atoms with Crippen LogP contribution < -0.4 is 5.32 Å². The Hall–Kier alpha value is -0.690. The van der Waals surface area contributed by atoms with E-state index in [1.807, 2.05) is 6.92 Å². The fourth-order valence-electron chi connectivity index (χ4n) is 1.88. The molecular formula is C10H18N2O4. The van der Waals surface area contributed by atoms with E-state index in [9.17, 15) is 15.0 Å². The number of β-amino-alcohol motifs (C(OH)–C–C–N with tert-alkyl or cyclic N) is 2. The molecule has 2 rings (SSSR count). The second-order valence-corrected chi connectivity index (χ2v) is 4.78. The zero-order valence-corrected chi connectivity index (χ0v) is 9.35. The summed E-state index contributed by atoms with van der Waals surface area (Å²) < 4.78 is 5.49. The van der Waals surface area contributed by atoms with Gasteiger partial charge >= 0.3 is 0 Å². The predicted molar refractivity (Wildman–Crippen MR) is 55.8 cm³/mol. The molecule has 2 aliphatic heterocycles. The quantitative estimate of drug-likeness (QED) is 0.519. The SMILES string of the molecule is CC1(OCC(=O)N2C[C@@H](O)[C@@H](O)C2)CNC1. The maximum absolute atomic E-state index is 11.7. The minimum atomic E-state index is -0.829. The zero-order valence-electron chi connectivity index (χ0n) is 9.35. The number of ether oxygens (including phenoxy) is 1. The van der Waals surface area contributed by atoms with Gasteiger partial charge in [0.1, 0.15) is 6.61 Å². The first-order valence-corrected chi connectivity index (χ1v) is 5.49. The van der Waals surface area contributed by atoms with Crippen LogP contribution in [-0.2, 0) is 9.53 Å². The fraction of sp³-hybridized carbons (Fsp3) is 0.900. The molecule has 0 aliphatic carbocycles. The number of aliphatic hydroxyl groups is 2. The maximum Gasteiger partial charge on any atom is 0.248 e. The van der Waals surface area contributed by atoms with Crippen molar-refractivity contribution < 1.29 is 19.7 Å². The molecule has 0 unspecified atom stereocenters. The summed E-state index contributed by atoms with van der Waals surface area (Å²) in [5.74, 6) is -0.177. The molecule has 0 spiro atoms. The van der Waals surface area contributed by atoms with Crippen molar-refractivity contribution in [3.05, 3.63) is 0 Å². The van der Waals surface area contributed by atoms with Crippen LogP contribution in [0.3, 0.4) is 0 Å². The van der Waals surface area contributed by atoms with Crippen LogP contribution >= 0.6 is 0 Å². The minimum Gasteiger partial charge on any atom is -0.388 e. The van der Waals surface area contributed by atoms with Crippen LogP contribution in [0.25, 0.3) is 0 Å². The van der Waals surface area contributed by atoms with E-state index in [-0.39, 0.29) is 31.2 Å². The van der Waals surface area contributed by atoms with Gasteiger partial charge in [-0.25, -0.2) is 0 Å². The van der Waals surface area contributed by atoms with E-state index < -0.39 is 12.2 Å². The Labute approximate surface area is 94.2 Å². The number of aliphatic hydroxyl groups excluding tert-OH is 2. The minimum absolute atomic E-state index is 0.0115. The van der Waals surface area contributed by atoms with Crippen molar-refractivity contribution in [2.45, 2.75) is 24.7 Å². The molecule has 2 aliphatic rings. The summed E-state index contributed by atoms with van der Waals surface area (Å²) in [6, 6.07) is 0. The van der Waals surface area contributed by atoms with Gasteiger partial charge in [-0.1, -0.05) is 0 Å². The standard InChI is InChI=1S/C10H18N2O4/c1-10(5-11-6-10)16-4-9(15)12-2-7(13)8(14)3-12/h7-8,11,13-14H,2-6H2,1H3/t7-,8+. The molecule has 3 N–H and O–H groups in total.